The predicted octanol–water partition coefficient (Wildman–Crippen LogP) is 1.02. The fourth-order valence-corrected chi connectivity index (χ4v) is 4.07. The first-order chi connectivity index (χ1) is 9.32. The minimum Gasteiger partial charge on any atom is -0.300 e. The van der Waals surface area contributed by atoms with Crippen LogP contribution in [-0.2, 0) is 14.8 Å². The second kappa shape index (κ2) is 5.70. The second-order valence-corrected chi connectivity index (χ2v) is 7.61. The average molecular weight is 293 g/mol. The highest BCUT2D eigenvalue weighted by molar-refractivity contribution is 7.89. The molecule has 0 radical (unpaired) electrons. The van der Waals surface area contributed by atoms with Gasteiger partial charge in [0.2, 0.25) is 10.0 Å². The molecule has 108 valence electrons. The van der Waals surface area contributed by atoms with Gasteiger partial charge < -0.3 is 0 Å². The van der Waals surface area contributed by atoms with Gasteiger partial charge in [0.25, 0.3) is 0 Å². The number of rotatable bonds is 2. The Kier molecular flexibility index (Phi) is 4.35. The maximum absolute atomic E-state index is 12.6. The normalized spacial score (nSPS) is 25.4. The smallest absolute Gasteiger partial charge is 0.243 e. The molecule has 2 unspecified atom stereocenters. The first-order valence-corrected chi connectivity index (χ1v) is 8.37. The molecule has 6 heteroatoms. The third-order valence-corrected chi connectivity index (χ3v) is 5.80. The number of benzene rings is 1. The number of hydrogen-bond acceptors (Lipinski definition) is 3. The third kappa shape index (κ3) is 2.96. The molecule has 2 atom stereocenters. The van der Waals surface area contributed by atoms with Gasteiger partial charge >= 0.3 is 0 Å². The van der Waals surface area contributed by atoms with Gasteiger partial charge in [0.15, 0.2) is 0 Å². The molecule has 0 N–H and O–H groups in total. The van der Waals surface area contributed by atoms with Gasteiger partial charge in [0.1, 0.15) is 13.6 Å². The Balaban J connectivity index is 2.29. The summed E-state index contributed by atoms with van der Waals surface area (Å²) in [6.45, 7) is 4.48. The zero-order valence-electron chi connectivity index (χ0n) is 12.2. The summed E-state index contributed by atoms with van der Waals surface area (Å²) >= 11 is 0. The van der Waals surface area contributed by atoms with Crippen molar-refractivity contribution in [1.29, 1.82) is 0 Å². The van der Waals surface area contributed by atoms with Crippen molar-refractivity contribution < 1.29 is 13.2 Å². The number of hydrogen-bond donors (Lipinski definition) is 0. The van der Waals surface area contributed by atoms with Gasteiger partial charge in [0.05, 0.1) is 4.90 Å². The molecule has 1 aromatic carbocycles. The Hall–Kier alpha value is -1.14. The molecular formula is C14H20BNO3S. The molecule has 1 aliphatic heterocycles. The third-order valence-electron chi connectivity index (χ3n) is 3.92. The van der Waals surface area contributed by atoms with Crippen LogP contribution in [0.4, 0.5) is 0 Å². The molecule has 0 saturated carbocycles. The summed E-state index contributed by atoms with van der Waals surface area (Å²) in [5, 5.41) is 0. The lowest BCUT2D eigenvalue weighted by Crippen LogP contribution is -2.34. The van der Waals surface area contributed by atoms with Crippen molar-refractivity contribution in [3.8, 4) is 0 Å². The zero-order valence-corrected chi connectivity index (χ0v) is 13.0. The highest BCUT2D eigenvalue weighted by Crippen LogP contribution is 2.25. The molecule has 20 heavy (non-hydrogen) atoms. The van der Waals surface area contributed by atoms with Gasteiger partial charge in [-0.3, -0.25) is 4.79 Å². The zero-order chi connectivity index (χ0) is 14.9. The molecule has 1 aliphatic rings. The minimum absolute atomic E-state index is 0.0665. The van der Waals surface area contributed by atoms with Crippen LogP contribution in [-0.4, -0.2) is 39.4 Å². The van der Waals surface area contributed by atoms with Crippen LogP contribution in [0.3, 0.4) is 0 Å². The minimum atomic E-state index is -3.50. The van der Waals surface area contributed by atoms with E-state index in [2.05, 4.69) is 0 Å². The van der Waals surface area contributed by atoms with E-state index in [9.17, 15) is 13.2 Å². The Bertz CT molecular complexity index is 597. The molecule has 0 spiro atoms. The summed E-state index contributed by atoms with van der Waals surface area (Å²) in [5.41, 5.74) is 1.02. The van der Waals surface area contributed by atoms with E-state index in [0.29, 0.717) is 17.9 Å². The molecule has 0 bridgehead atoms. The van der Waals surface area contributed by atoms with E-state index in [-0.39, 0.29) is 24.1 Å². The fourth-order valence-electron chi connectivity index (χ4n) is 2.53. The maximum atomic E-state index is 12.6. The van der Waals surface area contributed by atoms with E-state index in [1.165, 1.54) is 4.31 Å². The van der Waals surface area contributed by atoms with E-state index >= 15 is 0 Å². The number of Topliss-reactive ketones (excluding diaryl/α,β-unsaturated/α-hetero) is 1. The van der Waals surface area contributed by atoms with Crippen LogP contribution < -0.4 is 0 Å². The van der Waals surface area contributed by atoms with E-state index < -0.39 is 10.0 Å². The first-order valence-electron chi connectivity index (χ1n) is 6.93. The topological polar surface area (TPSA) is 54.5 Å². The summed E-state index contributed by atoms with van der Waals surface area (Å²) in [4.78, 5) is 12.3. The monoisotopic (exact) mass is 293 g/mol. The van der Waals surface area contributed by atoms with Crippen molar-refractivity contribution >= 4 is 23.7 Å². The Labute approximate surface area is 121 Å². The maximum Gasteiger partial charge on any atom is 0.243 e. The van der Waals surface area contributed by atoms with Crippen LogP contribution in [0.5, 0.6) is 0 Å². The SMILES string of the molecule is BC1CN(S(=O)(=O)c2ccc(C)cc2)CCC(C)C1=O. The lowest BCUT2D eigenvalue weighted by molar-refractivity contribution is -0.121. The fraction of sp³-hybridized carbons (Fsp3) is 0.500. The van der Waals surface area contributed by atoms with E-state index in [4.69, 9.17) is 0 Å². The van der Waals surface area contributed by atoms with Crippen LogP contribution >= 0.6 is 0 Å². The molecule has 0 aromatic heterocycles. The molecule has 4 nitrogen and oxygen atoms in total. The van der Waals surface area contributed by atoms with Crippen LogP contribution in [0.25, 0.3) is 0 Å². The average Bonchev–Trinajstić information content (AvgIpc) is 2.53. The van der Waals surface area contributed by atoms with Crippen LogP contribution in [0, 0.1) is 12.8 Å². The highest BCUT2D eigenvalue weighted by Gasteiger charge is 2.33. The predicted molar refractivity (Wildman–Crippen MR) is 81.0 cm³/mol. The highest BCUT2D eigenvalue weighted by atomic mass is 32.2. The van der Waals surface area contributed by atoms with Gasteiger partial charge in [0, 0.05) is 24.8 Å². The molecule has 0 amide bonds. The van der Waals surface area contributed by atoms with Crippen molar-refractivity contribution in [1.82, 2.24) is 4.31 Å². The van der Waals surface area contributed by atoms with E-state index in [0.717, 1.165) is 5.56 Å². The number of nitrogens with zero attached hydrogens (tertiary/aromatic N) is 1. The van der Waals surface area contributed by atoms with Crippen molar-refractivity contribution in [2.24, 2.45) is 5.92 Å². The number of carbonyl (C=O) groups excluding carboxylic acids is 1. The van der Waals surface area contributed by atoms with Gasteiger partial charge in [-0.25, -0.2) is 8.42 Å². The summed E-state index contributed by atoms with van der Waals surface area (Å²) in [5.74, 6) is -0.150. The Morgan fingerprint density at radius 3 is 2.45 bits per heavy atom. The standard InChI is InChI=1S/C14H20BNO3S/c1-10-3-5-12(6-4-10)20(18,19)16-8-7-11(2)14(17)13(15)9-16/h3-6,11,13H,7-9,15H2,1-2H3. The van der Waals surface area contributed by atoms with Crippen molar-refractivity contribution in [3.63, 3.8) is 0 Å². The van der Waals surface area contributed by atoms with E-state index in [1.807, 2.05) is 21.7 Å². The lowest BCUT2D eigenvalue weighted by atomic mass is 9.79. The van der Waals surface area contributed by atoms with Crippen LogP contribution in [0.15, 0.2) is 29.2 Å². The first kappa shape index (κ1) is 15.3. The Morgan fingerprint density at radius 2 is 1.85 bits per heavy atom. The van der Waals surface area contributed by atoms with Crippen molar-refractivity contribution in [2.45, 2.75) is 31.0 Å². The molecule has 1 saturated heterocycles. The van der Waals surface area contributed by atoms with Crippen LogP contribution in [0.2, 0.25) is 5.82 Å². The summed E-state index contributed by atoms with van der Waals surface area (Å²) < 4.78 is 26.7. The van der Waals surface area contributed by atoms with Crippen molar-refractivity contribution in [2.75, 3.05) is 13.1 Å². The molecule has 1 aromatic rings. The number of carbonyl (C=O) groups is 1. The molecular weight excluding hydrogens is 273 g/mol. The van der Waals surface area contributed by atoms with Gasteiger partial charge in [-0.1, -0.05) is 24.6 Å². The lowest BCUT2D eigenvalue weighted by Gasteiger charge is -2.21. The molecule has 1 fully saturated rings. The van der Waals surface area contributed by atoms with E-state index in [1.54, 1.807) is 24.3 Å². The quantitative estimate of drug-likeness (QED) is 0.765. The van der Waals surface area contributed by atoms with Gasteiger partial charge in [-0.2, -0.15) is 4.31 Å². The van der Waals surface area contributed by atoms with Crippen molar-refractivity contribution in [3.05, 3.63) is 29.8 Å². The molecule has 2 rings (SSSR count). The van der Waals surface area contributed by atoms with Gasteiger partial charge in [-0.05, 0) is 25.5 Å². The summed E-state index contributed by atoms with van der Waals surface area (Å²) in [7, 11) is -1.69. The molecule has 0 aliphatic carbocycles. The van der Waals surface area contributed by atoms with Crippen LogP contribution in [0.1, 0.15) is 18.9 Å². The summed E-state index contributed by atoms with van der Waals surface area (Å²) in [6, 6.07) is 6.85. The Morgan fingerprint density at radius 1 is 1.25 bits per heavy atom. The number of aryl methyl sites for hydroxylation is 1. The second-order valence-electron chi connectivity index (χ2n) is 5.67. The molecule has 1 heterocycles. The summed E-state index contributed by atoms with van der Waals surface area (Å²) in [6.07, 6.45) is 0.592. The number of sulfonamides is 1. The van der Waals surface area contributed by atoms with Gasteiger partial charge in [-0.15, -0.1) is 0 Å². The largest absolute Gasteiger partial charge is 0.300 e. The number of ketones is 1.